The number of aromatic nitrogens is 2. The molecule has 9 nitrogen and oxygen atoms in total. The van der Waals surface area contributed by atoms with Crippen molar-refractivity contribution in [2.45, 2.75) is 25.3 Å². The Morgan fingerprint density at radius 1 is 1.25 bits per heavy atom. The number of rotatable bonds is 7. The molecule has 1 amide bonds. The van der Waals surface area contributed by atoms with Gasteiger partial charge in [0.25, 0.3) is 11.6 Å². The van der Waals surface area contributed by atoms with Crippen molar-refractivity contribution < 1.29 is 14.5 Å². The van der Waals surface area contributed by atoms with Gasteiger partial charge in [0, 0.05) is 24.6 Å². The molecule has 0 unspecified atom stereocenters. The first-order valence-corrected chi connectivity index (χ1v) is 10.5. The molecule has 0 bridgehead atoms. The first kappa shape index (κ1) is 21.5. The number of non-ortho nitro benzene ring substituents is 1. The van der Waals surface area contributed by atoms with Crippen molar-refractivity contribution in [3.63, 3.8) is 0 Å². The van der Waals surface area contributed by atoms with E-state index in [0.717, 1.165) is 42.9 Å². The lowest BCUT2D eigenvalue weighted by Crippen LogP contribution is -2.30. The maximum atomic E-state index is 13.1. The van der Waals surface area contributed by atoms with Crippen LogP contribution in [0, 0.1) is 10.1 Å². The summed E-state index contributed by atoms with van der Waals surface area (Å²) >= 11 is 0. The highest BCUT2D eigenvalue weighted by molar-refractivity contribution is 5.95. The van der Waals surface area contributed by atoms with Crippen molar-refractivity contribution in [1.29, 1.82) is 0 Å². The highest BCUT2D eigenvalue weighted by Gasteiger charge is 2.27. The van der Waals surface area contributed by atoms with E-state index in [1.165, 1.54) is 12.1 Å². The van der Waals surface area contributed by atoms with E-state index in [1.807, 2.05) is 24.3 Å². The molecule has 0 aliphatic carbocycles. The molecule has 0 saturated carbocycles. The third-order valence-electron chi connectivity index (χ3n) is 5.67. The minimum absolute atomic E-state index is 0.0144. The summed E-state index contributed by atoms with van der Waals surface area (Å²) in [6, 6.07) is 13.8. The van der Waals surface area contributed by atoms with Crippen molar-refractivity contribution in [3.05, 3.63) is 81.7 Å². The molecule has 1 aliphatic rings. The topological polar surface area (TPSA) is 111 Å². The number of carbonyl (C=O) groups excluding carboxylic acids is 1. The zero-order chi connectivity index (χ0) is 22.5. The highest BCUT2D eigenvalue weighted by Crippen LogP contribution is 2.30. The van der Waals surface area contributed by atoms with Gasteiger partial charge in [-0.05, 0) is 55.8 Å². The summed E-state index contributed by atoms with van der Waals surface area (Å²) in [5.41, 5.74) is 3.00. The third kappa shape index (κ3) is 4.62. The summed E-state index contributed by atoms with van der Waals surface area (Å²) < 4.78 is 6.98. The van der Waals surface area contributed by atoms with Gasteiger partial charge in [-0.25, -0.2) is 4.68 Å². The van der Waals surface area contributed by atoms with Crippen LogP contribution in [0.4, 0.5) is 5.69 Å². The number of carbonyl (C=O) groups is 1. The summed E-state index contributed by atoms with van der Waals surface area (Å²) in [4.78, 5) is 23.7. The maximum Gasteiger partial charge on any atom is 0.269 e. The number of nitrogens with zero attached hydrogens (tertiary/aromatic N) is 3. The number of piperidine rings is 1. The minimum atomic E-state index is -0.433. The molecule has 0 atom stereocenters. The standard InChI is InChI=1S/C23H25N5O4/c1-32-20-4-2-3-16(13-20)14-25-23(29)21-15-26-27(22(21)17-9-11-24-12-10-17)18-5-7-19(8-6-18)28(30)31/h2-8,13,15,17,24H,9-12,14H2,1H3,(H,25,29). The number of nitro benzene ring substituents is 1. The van der Waals surface area contributed by atoms with Crippen molar-refractivity contribution in [2.24, 2.45) is 0 Å². The molecule has 32 heavy (non-hydrogen) atoms. The summed E-state index contributed by atoms with van der Waals surface area (Å²) in [5, 5.41) is 21.8. The number of hydrogen-bond acceptors (Lipinski definition) is 6. The Morgan fingerprint density at radius 2 is 2.00 bits per heavy atom. The lowest BCUT2D eigenvalue weighted by Gasteiger charge is -2.24. The van der Waals surface area contributed by atoms with Crippen LogP contribution in [0.3, 0.4) is 0 Å². The van der Waals surface area contributed by atoms with Crippen LogP contribution in [-0.2, 0) is 6.54 Å². The highest BCUT2D eigenvalue weighted by atomic mass is 16.6. The number of hydrogen-bond donors (Lipinski definition) is 2. The number of amides is 1. The van der Waals surface area contributed by atoms with E-state index in [2.05, 4.69) is 15.7 Å². The zero-order valence-corrected chi connectivity index (χ0v) is 17.8. The molecule has 1 aromatic heterocycles. The third-order valence-corrected chi connectivity index (χ3v) is 5.67. The second-order valence-electron chi connectivity index (χ2n) is 7.69. The molecule has 1 fully saturated rings. The molecule has 0 spiro atoms. The van der Waals surface area contributed by atoms with Gasteiger partial charge in [0.1, 0.15) is 5.75 Å². The molecule has 2 heterocycles. The predicted molar refractivity (Wildman–Crippen MR) is 119 cm³/mol. The van der Waals surface area contributed by atoms with Crippen LogP contribution in [0.15, 0.2) is 54.7 Å². The molecule has 1 saturated heterocycles. The second kappa shape index (κ2) is 9.61. The fourth-order valence-corrected chi connectivity index (χ4v) is 4.00. The van der Waals surface area contributed by atoms with Crippen LogP contribution in [-0.4, -0.2) is 40.8 Å². The molecule has 2 N–H and O–H groups in total. The first-order chi connectivity index (χ1) is 15.6. The number of benzene rings is 2. The van der Waals surface area contributed by atoms with Gasteiger partial charge in [0.2, 0.25) is 0 Å². The summed E-state index contributed by atoms with van der Waals surface area (Å²) in [7, 11) is 1.61. The molecular weight excluding hydrogens is 410 g/mol. The van der Waals surface area contributed by atoms with Crippen molar-refractivity contribution in [1.82, 2.24) is 20.4 Å². The smallest absolute Gasteiger partial charge is 0.269 e. The summed E-state index contributed by atoms with van der Waals surface area (Å²) in [5.74, 6) is 0.694. The van der Waals surface area contributed by atoms with Gasteiger partial charge in [-0.3, -0.25) is 14.9 Å². The van der Waals surface area contributed by atoms with Crippen molar-refractivity contribution >= 4 is 11.6 Å². The molecule has 166 valence electrons. The lowest BCUT2D eigenvalue weighted by molar-refractivity contribution is -0.384. The largest absolute Gasteiger partial charge is 0.497 e. The van der Waals surface area contributed by atoms with Crippen LogP contribution in [0.5, 0.6) is 5.75 Å². The SMILES string of the molecule is COc1cccc(CNC(=O)c2cnn(-c3ccc([N+](=O)[O-])cc3)c2C2CCNCC2)c1. The maximum absolute atomic E-state index is 13.1. The molecule has 4 rings (SSSR count). The second-order valence-corrected chi connectivity index (χ2v) is 7.69. The minimum Gasteiger partial charge on any atom is -0.497 e. The van der Waals surface area contributed by atoms with Crippen LogP contribution in [0.2, 0.25) is 0 Å². The van der Waals surface area contributed by atoms with Crippen molar-refractivity contribution in [2.75, 3.05) is 20.2 Å². The summed E-state index contributed by atoms with van der Waals surface area (Å²) in [6.45, 7) is 2.09. The van der Waals surface area contributed by atoms with E-state index >= 15 is 0 Å². The fourth-order valence-electron chi connectivity index (χ4n) is 4.00. The Hall–Kier alpha value is -3.72. The molecular formula is C23H25N5O4. The fraction of sp³-hybridized carbons (Fsp3) is 0.304. The number of ether oxygens (including phenoxy) is 1. The van der Waals surface area contributed by atoms with Crippen LogP contribution in [0.1, 0.15) is 40.4 Å². The Balaban J connectivity index is 1.62. The number of nitro groups is 1. The van der Waals surface area contributed by atoms with Gasteiger partial charge < -0.3 is 15.4 Å². The Kier molecular flexibility index (Phi) is 6.46. The van der Waals surface area contributed by atoms with E-state index < -0.39 is 4.92 Å². The Morgan fingerprint density at radius 3 is 2.69 bits per heavy atom. The van der Waals surface area contributed by atoms with E-state index in [9.17, 15) is 14.9 Å². The average molecular weight is 435 g/mol. The monoisotopic (exact) mass is 435 g/mol. The van der Waals surface area contributed by atoms with E-state index in [0.29, 0.717) is 17.8 Å². The van der Waals surface area contributed by atoms with Crippen LogP contribution >= 0.6 is 0 Å². The predicted octanol–water partition coefficient (Wildman–Crippen LogP) is 3.19. The molecule has 3 aromatic rings. The molecule has 1 aliphatic heterocycles. The van der Waals surface area contributed by atoms with E-state index in [-0.39, 0.29) is 17.5 Å². The van der Waals surface area contributed by atoms with Gasteiger partial charge in [0.15, 0.2) is 0 Å². The van der Waals surface area contributed by atoms with Gasteiger partial charge in [-0.2, -0.15) is 5.10 Å². The lowest BCUT2D eigenvalue weighted by atomic mass is 9.91. The number of methoxy groups -OCH3 is 1. The van der Waals surface area contributed by atoms with Gasteiger partial charge in [-0.1, -0.05) is 12.1 Å². The van der Waals surface area contributed by atoms with Gasteiger partial charge >= 0.3 is 0 Å². The van der Waals surface area contributed by atoms with Crippen LogP contribution in [0.25, 0.3) is 5.69 Å². The average Bonchev–Trinajstić information content (AvgIpc) is 3.28. The number of nitrogens with one attached hydrogen (secondary N) is 2. The Bertz CT molecular complexity index is 1100. The van der Waals surface area contributed by atoms with Crippen molar-refractivity contribution in [3.8, 4) is 11.4 Å². The van der Waals surface area contributed by atoms with Crippen LogP contribution < -0.4 is 15.4 Å². The quantitative estimate of drug-likeness (QED) is 0.436. The van der Waals surface area contributed by atoms with E-state index in [4.69, 9.17) is 4.74 Å². The normalized spacial score (nSPS) is 14.2. The van der Waals surface area contributed by atoms with Gasteiger partial charge in [0.05, 0.1) is 35.2 Å². The molecule has 0 radical (unpaired) electrons. The van der Waals surface area contributed by atoms with E-state index in [1.54, 1.807) is 30.1 Å². The molecule has 9 heteroatoms. The first-order valence-electron chi connectivity index (χ1n) is 10.5. The Labute approximate surface area is 185 Å². The summed E-state index contributed by atoms with van der Waals surface area (Å²) in [6.07, 6.45) is 3.35. The molecule has 2 aromatic carbocycles. The van der Waals surface area contributed by atoms with Gasteiger partial charge in [-0.15, -0.1) is 0 Å². The zero-order valence-electron chi connectivity index (χ0n) is 17.8.